The maximum absolute atomic E-state index is 14.1. The fourth-order valence-electron chi connectivity index (χ4n) is 1.84. The molecule has 1 N–H and O–H groups in total. The summed E-state index contributed by atoms with van der Waals surface area (Å²) in [5.74, 6) is -0.983. The number of hydrogen-bond donors (Lipinski definition) is 1. The summed E-state index contributed by atoms with van der Waals surface area (Å²) in [6.45, 7) is 0. The lowest BCUT2D eigenvalue weighted by molar-refractivity contribution is 0.390. The Hall–Kier alpha value is -1.60. The largest absolute Gasteiger partial charge is 0.480 e. The van der Waals surface area contributed by atoms with Gasteiger partial charge in [0.1, 0.15) is 11.6 Å². The minimum atomic E-state index is -0.745. The summed E-state index contributed by atoms with van der Waals surface area (Å²) in [5.41, 5.74) is 0.283. The Bertz CT molecular complexity index is 607. The molecule has 0 spiro atoms. The number of halogens is 3. The van der Waals surface area contributed by atoms with Crippen LogP contribution in [0.15, 0.2) is 28.7 Å². The van der Waals surface area contributed by atoms with Gasteiger partial charge in [0.15, 0.2) is 0 Å². The monoisotopic (exact) mass is 343 g/mol. The lowest BCUT2D eigenvalue weighted by Crippen LogP contribution is -2.22. The highest BCUT2D eigenvalue weighted by Crippen LogP contribution is 2.29. The molecule has 20 heavy (non-hydrogen) atoms. The summed E-state index contributed by atoms with van der Waals surface area (Å²) >= 11 is 3.05. The summed E-state index contributed by atoms with van der Waals surface area (Å²) in [5, 5.41) is 10.6. The molecule has 0 saturated heterocycles. The quantitative estimate of drug-likeness (QED) is 0.867. The van der Waals surface area contributed by atoms with Gasteiger partial charge in [-0.2, -0.15) is 0 Å². The second kappa shape index (κ2) is 6.23. The van der Waals surface area contributed by atoms with Crippen LogP contribution in [-0.2, 0) is 0 Å². The van der Waals surface area contributed by atoms with Crippen molar-refractivity contribution in [1.29, 1.82) is 0 Å². The fraction of sp³-hybridized carbons (Fsp3) is 0.231. The molecule has 1 unspecified atom stereocenters. The molecule has 7 heteroatoms. The maximum atomic E-state index is 14.1. The Morgan fingerprint density at radius 2 is 1.95 bits per heavy atom. The van der Waals surface area contributed by atoms with E-state index in [1.807, 2.05) is 0 Å². The number of rotatable bonds is 4. The SMILES string of the molecule is CNC(c1ccc(OC)nn1)c1c(F)ccc(Br)c1F. The van der Waals surface area contributed by atoms with Crippen molar-refractivity contribution in [3.05, 3.63) is 51.6 Å². The maximum Gasteiger partial charge on any atom is 0.233 e. The molecule has 2 aromatic rings. The highest BCUT2D eigenvalue weighted by molar-refractivity contribution is 9.10. The van der Waals surface area contributed by atoms with Gasteiger partial charge in [-0.05, 0) is 41.2 Å². The molecule has 1 heterocycles. The van der Waals surface area contributed by atoms with E-state index in [1.54, 1.807) is 19.2 Å². The van der Waals surface area contributed by atoms with Gasteiger partial charge in [-0.3, -0.25) is 0 Å². The van der Waals surface area contributed by atoms with Crippen LogP contribution in [0.3, 0.4) is 0 Å². The van der Waals surface area contributed by atoms with E-state index in [9.17, 15) is 8.78 Å². The van der Waals surface area contributed by atoms with E-state index in [2.05, 4.69) is 31.4 Å². The summed E-state index contributed by atoms with van der Waals surface area (Å²) in [7, 11) is 3.06. The Balaban J connectivity index is 2.49. The topological polar surface area (TPSA) is 47.0 Å². The smallest absolute Gasteiger partial charge is 0.233 e. The van der Waals surface area contributed by atoms with Crippen LogP contribution in [0, 0.1) is 11.6 Å². The summed E-state index contributed by atoms with van der Waals surface area (Å²) in [6.07, 6.45) is 0. The third-order valence-electron chi connectivity index (χ3n) is 2.82. The number of hydrogen-bond acceptors (Lipinski definition) is 4. The Morgan fingerprint density at radius 1 is 1.20 bits per heavy atom. The van der Waals surface area contributed by atoms with E-state index in [0.29, 0.717) is 11.6 Å². The van der Waals surface area contributed by atoms with Gasteiger partial charge in [0.2, 0.25) is 5.88 Å². The molecule has 1 aromatic heterocycles. The first-order valence-corrected chi connectivity index (χ1v) is 6.56. The summed E-state index contributed by atoms with van der Waals surface area (Å²) in [6, 6.07) is 4.96. The van der Waals surface area contributed by atoms with E-state index in [-0.39, 0.29) is 10.0 Å². The van der Waals surface area contributed by atoms with Crippen molar-refractivity contribution >= 4 is 15.9 Å². The van der Waals surface area contributed by atoms with E-state index in [4.69, 9.17) is 4.74 Å². The molecule has 0 saturated carbocycles. The molecule has 2 rings (SSSR count). The van der Waals surface area contributed by atoms with Gasteiger partial charge in [0, 0.05) is 11.6 Å². The predicted octanol–water partition coefficient (Wildman–Crippen LogP) is 2.83. The first kappa shape index (κ1) is 14.8. The minimum Gasteiger partial charge on any atom is -0.480 e. The van der Waals surface area contributed by atoms with E-state index in [1.165, 1.54) is 19.2 Å². The van der Waals surface area contributed by atoms with Crippen molar-refractivity contribution in [2.24, 2.45) is 0 Å². The predicted molar refractivity (Wildman–Crippen MR) is 73.5 cm³/mol. The standard InChI is InChI=1S/C13H12BrF2N3O/c1-17-13(9-5-6-10(20-2)19-18-9)11-8(15)4-3-7(14)12(11)16/h3-6,13,17H,1-2H3. The zero-order valence-electron chi connectivity index (χ0n) is 10.8. The van der Waals surface area contributed by atoms with Crippen LogP contribution in [-0.4, -0.2) is 24.4 Å². The number of nitrogens with zero attached hydrogens (tertiary/aromatic N) is 2. The molecule has 4 nitrogen and oxygen atoms in total. The number of aromatic nitrogens is 2. The average Bonchev–Trinajstić information content (AvgIpc) is 2.48. The lowest BCUT2D eigenvalue weighted by atomic mass is 10.0. The molecule has 0 bridgehead atoms. The molecule has 0 amide bonds. The van der Waals surface area contributed by atoms with Crippen molar-refractivity contribution in [2.75, 3.05) is 14.2 Å². The van der Waals surface area contributed by atoms with Crippen molar-refractivity contribution < 1.29 is 13.5 Å². The highest BCUT2D eigenvalue weighted by atomic mass is 79.9. The van der Waals surface area contributed by atoms with Crippen LogP contribution in [0.5, 0.6) is 5.88 Å². The van der Waals surface area contributed by atoms with E-state index >= 15 is 0 Å². The van der Waals surface area contributed by atoms with Gasteiger partial charge in [0.25, 0.3) is 0 Å². The van der Waals surface area contributed by atoms with E-state index in [0.717, 1.165) is 0 Å². The number of ether oxygens (including phenoxy) is 1. The first-order chi connectivity index (χ1) is 9.58. The Labute approximate surface area is 123 Å². The molecule has 1 atom stereocenters. The van der Waals surface area contributed by atoms with Crippen LogP contribution in [0.25, 0.3) is 0 Å². The Morgan fingerprint density at radius 3 is 2.50 bits per heavy atom. The first-order valence-electron chi connectivity index (χ1n) is 5.76. The van der Waals surface area contributed by atoms with Gasteiger partial charge < -0.3 is 10.1 Å². The highest BCUT2D eigenvalue weighted by Gasteiger charge is 2.23. The van der Waals surface area contributed by atoms with Crippen LogP contribution < -0.4 is 10.1 Å². The van der Waals surface area contributed by atoms with Crippen LogP contribution in [0.2, 0.25) is 0 Å². The second-order valence-corrected chi connectivity index (χ2v) is 4.83. The van der Waals surface area contributed by atoms with Crippen molar-refractivity contribution in [3.63, 3.8) is 0 Å². The molecule has 1 aromatic carbocycles. The van der Waals surface area contributed by atoms with Crippen LogP contribution in [0.4, 0.5) is 8.78 Å². The van der Waals surface area contributed by atoms with Crippen molar-refractivity contribution in [3.8, 4) is 5.88 Å². The van der Waals surface area contributed by atoms with Crippen molar-refractivity contribution in [1.82, 2.24) is 15.5 Å². The third kappa shape index (κ3) is 2.78. The Kier molecular flexibility index (Phi) is 4.61. The summed E-state index contributed by atoms with van der Waals surface area (Å²) in [4.78, 5) is 0. The van der Waals surface area contributed by atoms with Gasteiger partial charge in [0.05, 0.1) is 23.3 Å². The lowest BCUT2D eigenvalue weighted by Gasteiger charge is -2.17. The molecule has 0 radical (unpaired) electrons. The molecule has 0 aliphatic heterocycles. The normalized spacial score (nSPS) is 12.2. The van der Waals surface area contributed by atoms with Gasteiger partial charge >= 0.3 is 0 Å². The average molecular weight is 344 g/mol. The number of benzene rings is 1. The third-order valence-corrected chi connectivity index (χ3v) is 3.43. The van der Waals surface area contributed by atoms with Crippen molar-refractivity contribution in [2.45, 2.75) is 6.04 Å². The molecule has 106 valence electrons. The number of methoxy groups -OCH3 is 1. The molecule has 0 aliphatic carbocycles. The van der Waals surface area contributed by atoms with Gasteiger partial charge in [-0.25, -0.2) is 8.78 Å². The van der Waals surface area contributed by atoms with E-state index < -0.39 is 17.7 Å². The molecular weight excluding hydrogens is 332 g/mol. The molecular formula is C13H12BrF2N3O. The second-order valence-electron chi connectivity index (χ2n) is 3.98. The summed E-state index contributed by atoms with van der Waals surface area (Å²) < 4.78 is 33.2. The fourth-order valence-corrected chi connectivity index (χ4v) is 2.19. The molecule has 0 aliphatic rings. The van der Waals surface area contributed by atoms with Gasteiger partial charge in [-0.1, -0.05) is 0 Å². The molecule has 0 fully saturated rings. The zero-order chi connectivity index (χ0) is 14.7. The zero-order valence-corrected chi connectivity index (χ0v) is 12.4. The minimum absolute atomic E-state index is 0.110. The van der Waals surface area contributed by atoms with Gasteiger partial charge in [-0.15, -0.1) is 10.2 Å². The van der Waals surface area contributed by atoms with Crippen LogP contribution in [0.1, 0.15) is 17.3 Å². The number of nitrogens with one attached hydrogen (secondary N) is 1. The van der Waals surface area contributed by atoms with Crippen LogP contribution >= 0.6 is 15.9 Å².